The maximum Gasteiger partial charge on any atom is 0.153 e. The molecule has 6 heteroatoms. The van der Waals surface area contributed by atoms with Crippen molar-refractivity contribution < 1.29 is 12.8 Å². The summed E-state index contributed by atoms with van der Waals surface area (Å²) in [5.74, 6) is -0.181. The lowest BCUT2D eigenvalue weighted by Gasteiger charge is -2.37. The van der Waals surface area contributed by atoms with Gasteiger partial charge in [-0.1, -0.05) is 22.0 Å². The molecule has 3 nitrogen and oxygen atoms in total. The summed E-state index contributed by atoms with van der Waals surface area (Å²) in [6, 6.07) is 4.00. The number of hydrogen-bond donors (Lipinski definition) is 1. The minimum atomic E-state index is -3.09. The first-order chi connectivity index (χ1) is 8.19. The number of nitrogens with one attached hydrogen (secondary N) is 1. The maximum absolute atomic E-state index is 13.1. The molecular formula is C12H15BrFNO2S. The number of hydrogen-bond acceptors (Lipinski definition) is 3. The van der Waals surface area contributed by atoms with Crippen LogP contribution in [0.3, 0.4) is 0 Å². The van der Waals surface area contributed by atoms with E-state index in [-0.39, 0.29) is 23.4 Å². The summed E-state index contributed by atoms with van der Waals surface area (Å²) in [5.41, 5.74) is 0.294. The van der Waals surface area contributed by atoms with Crippen molar-refractivity contribution in [2.24, 2.45) is 0 Å². The fourth-order valence-corrected chi connectivity index (χ4v) is 5.07. The number of rotatable bonds is 1. The molecule has 0 aliphatic carbocycles. The van der Waals surface area contributed by atoms with Gasteiger partial charge in [-0.2, -0.15) is 0 Å². The summed E-state index contributed by atoms with van der Waals surface area (Å²) in [7, 11) is -3.09. The van der Waals surface area contributed by atoms with Crippen LogP contribution >= 0.6 is 15.9 Å². The molecule has 1 aliphatic heterocycles. The molecule has 1 aromatic rings. The highest BCUT2D eigenvalue weighted by molar-refractivity contribution is 9.10. The Balaban J connectivity index is 2.38. The highest BCUT2D eigenvalue weighted by Crippen LogP contribution is 2.30. The normalized spacial score (nSPS) is 25.9. The lowest BCUT2D eigenvalue weighted by molar-refractivity contribution is 0.359. The molecule has 100 valence electrons. The molecule has 1 unspecified atom stereocenters. The highest BCUT2D eigenvalue weighted by Gasteiger charge is 2.37. The summed E-state index contributed by atoms with van der Waals surface area (Å²) < 4.78 is 37.4. The van der Waals surface area contributed by atoms with E-state index in [1.807, 2.05) is 13.8 Å². The molecule has 1 N–H and O–H groups in total. The van der Waals surface area contributed by atoms with Gasteiger partial charge in [-0.15, -0.1) is 0 Å². The van der Waals surface area contributed by atoms with Gasteiger partial charge in [0.05, 0.1) is 11.5 Å². The first-order valence-electron chi connectivity index (χ1n) is 5.62. The molecule has 1 atom stereocenters. The maximum atomic E-state index is 13.1. The number of benzene rings is 1. The Bertz CT molecular complexity index is 571. The molecule has 1 aromatic carbocycles. The number of sulfone groups is 1. The topological polar surface area (TPSA) is 46.2 Å². The Hall–Kier alpha value is -0.460. The highest BCUT2D eigenvalue weighted by atomic mass is 79.9. The zero-order chi connectivity index (χ0) is 13.6. The second-order valence-electron chi connectivity index (χ2n) is 5.30. The molecule has 0 radical (unpaired) electrons. The van der Waals surface area contributed by atoms with Crippen LogP contribution < -0.4 is 5.32 Å². The van der Waals surface area contributed by atoms with Crippen molar-refractivity contribution in [1.82, 2.24) is 5.32 Å². The van der Waals surface area contributed by atoms with Gasteiger partial charge < -0.3 is 5.32 Å². The van der Waals surface area contributed by atoms with Crippen LogP contribution in [0.5, 0.6) is 0 Å². The van der Waals surface area contributed by atoms with E-state index in [0.29, 0.717) is 4.47 Å². The standard InChI is InChI=1S/C12H15BrFNO2S/c1-12(2)7-18(16,17)6-11(15-12)9-4-3-8(14)5-10(9)13/h3-5,11,15H,6-7H2,1-2H3. The van der Waals surface area contributed by atoms with Crippen LogP contribution in [-0.4, -0.2) is 25.5 Å². The minimum absolute atomic E-state index is 0.0423. The Labute approximate surface area is 115 Å². The van der Waals surface area contributed by atoms with Gasteiger partial charge in [-0.25, -0.2) is 12.8 Å². The minimum Gasteiger partial charge on any atom is -0.303 e. The molecule has 0 amide bonds. The average molecular weight is 336 g/mol. The molecule has 2 rings (SSSR count). The van der Waals surface area contributed by atoms with Crippen LogP contribution in [0.1, 0.15) is 25.5 Å². The summed E-state index contributed by atoms with van der Waals surface area (Å²) >= 11 is 3.28. The van der Waals surface area contributed by atoms with E-state index in [1.54, 1.807) is 6.07 Å². The van der Waals surface area contributed by atoms with Gasteiger partial charge in [0.25, 0.3) is 0 Å². The predicted octanol–water partition coefficient (Wildman–Crippen LogP) is 2.43. The fraction of sp³-hybridized carbons (Fsp3) is 0.500. The van der Waals surface area contributed by atoms with Crippen LogP contribution in [0.15, 0.2) is 22.7 Å². The lowest BCUT2D eigenvalue weighted by Crippen LogP contribution is -2.54. The third-order valence-electron chi connectivity index (χ3n) is 2.90. The summed E-state index contributed by atoms with van der Waals surface area (Å²) in [5, 5.41) is 3.29. The van der Waals surface area contributed by atoms with Crippen molar-refractivity contribution in [1.29, 1.82) is 0 Å². The van der Waals surface area contributed by atoms with E-state index in [2.05, 4.69) is 21.2 Å². The van der Waals surface area contributed by atoms with Crippen molar-refractivity contribution in [2.45, 2.75) is 25.4 Å². The van der Waals surface area contributed by atoms with E-state index >= 15 is 0 Å². The van der Waals surface area contributed by atoms with E-state index in [0.717, 1.165) is 5.56 Å². The molecule has 0 saturated carbocycles. The monoisotopic (exact) mass is 335 g/mol. The van der Waals surface area contributed by atoms with E-state index in [9.17, 15) is 12.8 Å². The molecule has 0 aromatic heterocycles. The van der Waals surface area contributed by atoms with Crippen molar-refractivity contribution >= 4 is 25.8 Å². The molecule has 0 bridgehead atoms. The first kappa shape index (κ1) is 14.0. The van der Waals surface area contributed by atoms with Gasteiger partial charge in [0.15, 0.2) is 9.84 Å². The van der Waals surface area contributed by atoms with Crippen molar-refractivity contribution in [3.05, 3.63) is 34.1 Å². The van der Waals surface area contributed by atoms with Crippen LogP contribution in [0.4, 0.5) is 4.39 Å². The van der Waals surface area contributed by atoms with Gasteiger partial charge >= 0.3 is 0 Å². The Kier molecular flexibility index (Phi) is 3.55. The van der Waals surface area contributed by atoms with E-state index in [1.165, 1.54) is 12.1 Å². The van der Waals surface area contributed by atoms with E-state index < -0.39 is 15.4 Å². The quantitative estimate of drug-likeness (QED) is 0.857. The first-order valence-corrected chi connectivity index (χ1v) is 8.23. The Morgan fingerprint density at radius 3 is 2.67 bits per heavy atom. The van der Waals surface area contributed by atoms with Gasteiger partial charge in [0, 0.05) is 16.1 Å². The second kappa shape index (κ2) is 4.58. The summed E-state index contributed by atoms with van der Waals surface area (Å²) in [4.78, 5) is 0. The van der Waals surface area contributed by atoms with Crippen molar-refractivity contribution in [3.63, 3.8) is 0 Å². The zero-order valence-corrected chi connectivity index (χ0v) is 12.6. The SMILES string of the molecule is CC1(C)CS(=O)(=O)CC(c2ccc(F)cc2Br)N1. The van der Waals surface area contributed by atoms with Crippen LogP contribution in [0.2, 0.25) is 0 Å². The molecule has 1 fully saturated rings. The fourth-order valence-electron chi connectivity index (χ4n) is 2.37. The predicted molar refractivity (Wildman–Crippen MR) is 72.7 cm³/mol. The molecule has 1 heterocycles. The molecule has 1 aliphatic rings. The van der Waals surface area contributed by atoms with Crippen molar-refractivity contribution in [3.8, 4) is 0 Å². The van der Waals surface area contributed by atoms with E-state index in [4.69, 9.17) is 0 Å². The van der Waals surface area contributed by atoms with Gasteiger partial charge in [-0.05, 0) is 31.5 Å². The van der Waals surface area contributed by atoms with Crippen LogP contribution in [0.25, 0.3) is 0 Å². The van der Waals surface area contributed by atoms with Gasteiger partial charge in [-0.3, -0.25) is 0 Å². The number of halogens is 2. The van der Waals surface area contributed by atoms with Gasteiger partial charge in [0.2, 0.25) is 0 Å². The molecule has 1 saturated heterocycles. The molecular weight excluding hydrogens is 321 g/mol. The molecule has 0 spiro atoms. The smallest absolute Gasteiger partial charge is 0.153 e. The summed E-state index contributed by atoms with van der Waals surface area (Å²) in [6.45, 7) is 3.71. The Morgan fingerprint density at radius 1 is 1.44 bits per heavy atom. The largest absolute Gasteiger partial charge is 0.303 e. The van der Waals surface area contributed by atoms with Crippen molar-refractivity contribution in [2.75, 3.05) is 11.5 Å². The Morgan fingerprint density at radius 2 is 2.11 bits per heavy atom. The lowest BCUT2D eigenvalue weighted by atomic mass is 10.0. The zero-order valence-electron chi connectivity index (χ0n) is 10.2. The average Bonchev–Trinajstić information content (AvgIpc) is 2.11. The second-order valence-corrected chi connectivity index (χ2v) is 8.26. The molecule has 18 heavy (non-hydrogen) atoms. The van der Waals surface area contributed by atoms with Gasteiger partial charge in [0.1, 0.15) is 5.82 Å². The third-order valence-corrected chi connectivity index (χ3v) is 5.59. The third kappa shape index (κ3) is 3.10. The van der Waals surface area contributed by atoms with Crippen LogP contribution in [0, 0.1) is 5.82 Å². The summed E-state index contributed by atoms with van der Waals surface area (Å²) in [6.07, 6.45) is 0. The van der Waals surface area contributed by atoms with Crippen LogP contribution in [-0.2, 0) is 9.84 Å².